The number of aromatic nitrogens is 2. The maximum absolute atomic E-state index is 12.1. The zero-order valence-corrected chi connectivity index (χ0v) is 14.1. The molecule has 2 rings (SSSR count). The summed E-state index contributed by atoms with van der Waals surface area (Å²) in [5.41, 5.74) is -0.457. The summed E-state index contributed by atoms with van der Waals surface area (Å²) in [5.74, 6) is 0.0804. The van der Waals surface area contributed by atoms with Crippen LogP contribution in [0.1, 0.15) is 26.0 Å². The van der Waals surface area contributed by atoms with Gasteiger partial charge in [0.1, 0.15) is 12.7 Å². The topological polar surface area (TPSA) is 86.0 Å². The lowest BCUT2D eigenvalue weighted by Gasteiger charge is -2.16. The molecule has 2 heterocycles. The molecular formula is C16H22N4O4. The van der Waals surface area contributed by atoms with E-state index in [0.29, 0.717) is 12.2 Å². The molecule has 0 N–H and O–H groups in total. The zero-order chi connectivity index (χ0) is 17.5. The van der Waals surface area contributed by atoms with Crippen molar-refractivity contribution in [1.29, 1.82) is 0 Å². The van der Waals surface area contributed by atoms with E-state index in [1.54, 1.807) is 35.7 Å². The highest BCUT2D eigenvalue weighted by molar-refractivity contribution is 5.69. The minimum absolute atomic E-state index is 0.138. The molecule has 0 aromatic carbocycles. The third kappa shape index (κ3) is 5.02. The number of nitrogens with zero attached hydrogens (tertiary/aromatic N) is 4. The van der Waals surface area contributed by atoms with E-state index in [9.17, 15) is 9.59 Å². The van der Waals surface area contributed by atoms with Gasteiger partial charge in [-0.1, -0.05) is 13.0 Å². The predicted octanol–water partition coefficient (Wildman–Crippen LogP) is 1.26. The molecule has 0 amide bonds. The van der Waals surface area contributed by atoms with Crippen molar-refractivity contribution in [3.63, 3.8) is 0 Å². The molecule has 0 radical (unpaired) electrons. The molecule has 1 aliphatic heterocycles. The second kappa shape index (κ2) is 8.39. The molecule has 0 saturated carbocycles. The first kappa shape index (κ1) is 17.9. The molecule has 0 unspecified atom stereocenters. The fourth-order valence-corrected chi connectivity index (χ4v) is 2.04. The van der Waals surface area contributed by atoms with Gasteiger partial charge in [0.15, 0.2) is 12.0 Å². The molecule has 1 aromatic heterocycles. The summed E-state index contributed by atoms with van der Waals surface area (Å²) in [6.45, 7) is 2.05. The normalized spacial score (nSPS) is 19.8. The molecule has 0 saturated heterocycles. The Morgan fingerprint density at radius 1 is 1.50 bits per heavy atom. The van der Waals surface area contributed by atoms with E-state index < -0.39 is 11.9 Å². The Morgan fingerprint density at radius 3 is 2.96 bits per heavy atom. The molecule has 2 atom stereocenters. The summed E-state index contributed by atoms with van der Waals surface area (Å²) in [5, 5.41) is 0. The molecule has 8 heteroatoms. The van der Waals surface area contributed by atoms with E-state index in [1.165, 1.54) is 4.57 Å². The first-order chi connectivity index (χ1) is 11.5. The van der Waals surface area contributed by atoms with Gasteiger partial charge >= 0.3 is 11.7 Å². The zero-order valence-electron chi connectivity index (χ0n) is 14.1. The SMILES string of the molecule is CCCC(=O)OC[C@@H]1C=C[C@H](n2ccc(/N=C/N(C)C)nc2=O)O1. The van der Waals surface area contributed by atoms with Crippen molar-refractivity contribution < 1.29 is 14.3 Å². The first-order valence-electron chi connectivity index (χ1n) is 7.79. The number of ether oxygens (including phenoxy) is 2. The number of carbonyl (C=O) groups excluding carboxylic acids is 1. The van der Waals surface area contributed by atoms with Crippen LogP contribution in [0.2, 0.25) is 0 Å². The molecule has 1 aliphatic rings. The van der Waals surface area contributed by atoms with Gasteiger partial charge in [-0.2, -0.15) is 4.98 Å². The summed E-state index contributed by atoms with van der Waals surface area (Å²) < 4.78 is 12.2. The Balaban J connectivity index is 1.95. The average Bonchev–Trinajstić information content (AvgIpc) is 3.00. The van der Waals surface area contributed by atoms with Gasteiger partial charge in [-0.15, -0.1) is 0 Å². The third-order valence-corrected chi connectivity index (χ3v) is 3.18. The Morgan fingerprint density at radius 2 is 2.29 bits per heavy atom. The van der Waals surface area contributed by atoms with E-state index in [4.69, 9.17) is 9.47 Å². The number of aliphatic imine (C=N–C) groups is 1. The van der Waals surface area contributed by atoms with Crippen LogP contribution in [0.15, 0.2) is 34.2 Å². The largest absolute Gasteiger partial charge is 0.463 e. The number of hydrogen-bond donors (Lipinski definition) is 0. The number of rotatable bonds is 7. The van der Waals surface area contributed by atoms with Crippen molar-refractivity contribution in [2.24, 2.45) is 4.99 Å². The molecule has 0 aliphatic carbocycles. The van der Waals surface area contributed by atoms with E-state index in [1.807, 2.05) is 21.0 Å². The smallest absolute Gasteiger partial charge is 0.351 e. The number of carbonyl (C=O) groups is 1. The Bertz CT molecular complexity index is 681. The summed E-state index contributed by atoms with van der Waals surface area (Å²) in [6, 6.07) is 1.63. The van der Waals surface area contributed by atoms with Crippen molar-refractivity contribution in [3.05, 3.63) is 34.9 Å². The van der Waals surface area contributed by atoms with E-state index in [2.05, 4.69) is 9.98 Å². The lowest BCUT2D eigenvalue weighted by molar-refractivity contribution is -0.147. The quantitative estimate of drug-likeness (QED) is 0.323. The molecule has 24 heavy (non-hydrogen) atoms. The van der Waals surface area contributed by atoms with Crippen LogP contribution in [-0.2, 0) is 14.3 Å². The molecule has 1 aromatic rings. The van der Waals surface area contributed by atoms with Gasteiger partial charge in [0, 0.05) is 26.7 Å². The van der Waals surface area contributed by atoms with Crippen LogP contribution in [0.4, 0.5) is 5.82 Å². The summed E-state index contributed by atoms with van der Waals surface area (Å²) in [4.78, 5) is 33.2. The highest BCUT2D eigenvalue weighted by atomic mass is 16.6. The second-order valence-electron chi connectivity index (χ2n) is 5.57. The van der Waals surface area contributed by atoms with Crippen molar-refractivity contribution in [1.82, 2.24) is 14.5 Å². The van der Waals surface area contributed by atoms with Crippen LogP contribution >= 0.6 is 0 Å². The molecule has 0 fully saturated rings. The first-order valence-corrected chi connectivity index (χ1v) is 7.79. The van der Waals surface area contributed by atoms with E-state index in [0.717, 1.165) is 6.42 Å². The fraction of sp³-hybridized carbons (Fsp3) is 0.500. The van der Waals surface area contributed by atoms with Crippen molar-refractivity contribution >= 4 is 18.1 Å². The van der Waals surface area contributed by atoms with Crippen LogP contribution in [0.3, 0.4) is 0 Å². The molecular weight excluding hydrogens is 312 g/mol. The van der Waals surface area contributed by atoms with Crippen LogP contribution in [0.25, 0.3) is 0 Å². The Kier molecular flexibility index (Phi) is 6.25. The lowest BCUT2D eigenvalue weighted by Crippen LogP contribution is -2.27. The summed E-state index contributed by atoms with van der Waals surface area (Å²) in [6.07, 6.45) is 6.86. The standard InChI is InChI=1S/C16H22N4O4/c1-4-5-15(21)23-10-12-6-7-14(24-12)20-9-8-13(18-16(20)22)17-11-19(2)3/h6-9,11-12,14H,4-5,10H2,1-3H3/b17-11+/t12-,14+/m0/s1. The molecule has 0 bridgehead atoms. The van der Waals surface area contributed by atoms with Gasteiger partial charge in [-0.25, -0.2) is 9.79 Å². The molecule has 8 nitrogen and oxygen atoms in total. The van der Waals surface area contributed by atoms with Gasteiger partial charge in [0.25, 0.3) is 0 Å². The minimum atomic E-state index is -0.563. The number of esters is 1. The van der Waals surface area contributed by atoms with Crippen LogP contribution in [0.5, 0.6) is 0 Å². The summed E-state index contributed by atoms with van der Waals surface area (Å²) >= 11 is 0. The predicted molar refractivity (Wildman–Crippen MR) is 89.3 cm³/mol. The number of hydrogen-bond acceptors (Lipinski definition) is 6. The van der Waals surface area contributed by atoms with Crippen LogP contribution < -0.4 is 5.69 Å². The van der Waals surface area contributed by atoms with Crippen molar-refractivity contribution in [2.75, 3.05) is 20.7 Å². The highest BCUT2D eigenvalue weighted by Gasteiger charge is 2.22. The van der Waals surface area contributed by atoms with Gasteiger partial charge in [0.2, 0.25) is 0 Å². The molecule has 0 spiro atoms. The Hall–Kier alpha value is -2.48. The van der Waals surface area contributed by atoms with Crippen molar-refractivity contribution in [3.8, 4) is 0 Å². The monoisotopic (exact) mass is 334 g/mol. The van der Waals surface area contributed by atoms with Crippen LogP contribution in [-0.4, -0.2) is 53.6 Å². The van der Waals surface area contributed by atoms with Gasteiger partial charge in [-0.05, 0) is 18.6 Å². The van der Waals surface area contributed by atoms with Crippen LogP contribution in [0, 0.1) is 0 Å². The van der Waals surface area contributed by atoms with Gasteiger partial charge in [-0.3, -0.25) is 9.36 Å². The fourth-order valence-electron chi connectivity index (χ4n) is 2.04. The average molecular weight is 334 g/mol. The summed E-state index contributed by atoms with van der Waals surface area (Å²) in [7, 11) is 3.66. The van der Waals surface area contributed by atoms with Gasteiger partial charge < -0.3 is 14.4 Å². The van der Waals surface area contributed by atoms with Crippen molar-refractivity contribution in [2.45, 2.75) is 32.1 Å². The Labute approximate surface area is 140 Å². The molecule has 130 valence electrons. The lowest BCUT2D eigenvalue weighted by atomic mass is 10.3. The van der Waals surface area contributed by atoms with E-state index >= 15 is 0 Å². The minimum Gasteiger partial charge on any atom is -0.463 e. The maximum Gasteiger partial charge on any atom is 0.351 e. The van der Waals surface area contributed by atoms with Gasteiger partial charge in [0.05, 0.1) is 6.34 Å². The van der Waals surface area contributed by atoms with E-state index in [-0.39, 0.29) is 18.7 Å². The third-order valence-electron chi connectivity index (χ3n) is 3.18. The maximum atomic E-state index is 12.1. The highest BCUT2D eigenvalue weighted by Crippen LogP contribution is 2.20. The second-order valence-corrected chi connectivity index (χ2v) is 5.57.